The molecule has 0 aliphatic carbocycles. The third-order valence-corrected chi connectivity index (χ3v) is 3.83. The van der Waals surface area contributed by atoms with Crippen molar-refractivity contribution in [3.8, 4) is 5.75 Å². The van der Waals surface area contributed by atoms with E-state index in [1.807, 2.05) is 41.8 Å². The highest BCUT2D eigenvalue weighted by Crippen LogP contribution is 2.18. The molecule has 0 fully saturated rings. The van der Waals surface area contributed by atoms with Crippen molar-refractivity contribution in [2.24, 2.45) is 0 Å². The predicted octanol–water partition coefficient (Wildman–Crippen LogP) is 3.57. The zero-order chi connectivity index (χ0) is 14.4. The number of hydrogen-bond donors (Lipinski definition) is 1. The lowest BCUT2D eigenvalue weighted by atomic mass is 10.0. The molecule has 2 rings (SSSR count). The molecule has 106 valence electrons. The number of benzene rings is 1. The van der Waals surface area contributed by atoms with Gasteiger partial charge in [0.1, 0.15) is 5.75 Å². The fourth-order valence-electron chi connectivity index (χ4n) is 1.75. The molecule has 1 N–H and O–H groups in total. The molecule has 0 spiro atoms. The standard InChI is InChI=1S/C16H19NO2S/c1-12(2)13-5-7-14(8-6-13)19-11-16(18)17-10-15-4-3-9-20-15/h3-9,12H,10-11H2,1-2H3,(H,17,18). The number of rotatable bonds is 6. The average molecular weight is 289 g/mol. The van der Waals surface area contributed by atoms with Gasteiger partial charge < -0.3 is 10.1 Å². The van der Waals surface area contributed by atoms with Crippen LogP contribution in [0.2, 0.25) is 0 Å². The minimum atomic E-state index is -0.105. The van der Waals surface area contributed by atoms with Crippen molar-refractivity contribution < 1.29 is 9.53 Å². The van der Waals surface area contributed by atoms with Gasteiger partial charge in [0, 0.05) is 4.88 Å². The largest absolute Gasteiger partial charge is 0.484 e. The average Bonchev–Trinajstić information content (AvgIpc) is 2.96. The van der Waals surface area contributed by atoms with Gasteiger partial charge in [-0.2, -0.15) is 0 Å². The zero-order valence-electron chi connectivity index (χ0n) is 11.8. The van der Waals surface area contributed by atoms with Crippen LogP contribution in [0.1, 0.15) is 30.2 Å². The number of carbonyl (C=O) groups is 1. The van der Waals surface area contributed by atoms with Crippen LogP contribution in [0.15, 0.2) is 41.8 Å². The molecule has 3 nitrogen and oxygen atoms in total. The fourth-order valence-corrected chi connectivity index (χ4v) is 2.39. The van der Waals surface area contributed by atoms with Gasteiger partial charge in [-0.15, -0.1) is 11.3 Å². The van der Waals surface area contributed by atoms with Crippen LogP contribution in [0.3, 0.4) is 0 Å². The van der Waals surface area contributed by atoms with Gasteiger partial charge >= 0.3 is 0 Å². The molecular formula is C16H19NO2S. The Labute approximate surface area is 123 Å². The summed E-state index contributed by atoms with van der Waals surface area (Å²) in [5.41, 5.74) is 1.26. The quantitative estimate of drug-likeness (QED) is 0.883. The molecule has 0 unspecified atom stereocenters. The molecule has 2 aromatic rings. The molecule has 0 aliphatic rings. The molecule has 0 aliphatic heterocycles. The number of carbonyl (C=O) groups excluding carboxylic acids is 1. The highest BCUT2D eigenvalue weighted by Gasteiger charge is 2.04. The van der Waals surface area contributed by atoms with Crippen LogP contribution in [0, 0.1) is 0 Å². The number of hydrogen-bond acceptors (Lipinski definition) is 3. The van der Waals surface area contributed by atoms with Crippen molar-refractivity contribution in [2.45, 2.75) is 26.3 Å². The van der Waals surface area contributed by atoms with Gasteiger partial charge in [0.25, 0.3) is 5.91 Å². The number of nitrogens with one attached hydrogen (secondary N) is 1. The molecule has 4 heteroatoms. The van der Waals surface area contributed by atoms with Gasteiger partial charge in [-0.3, -0.25) is 4.79 Å². The second-order valence-electron chi connectivity index (χ2n) is 4.87. The third-order valence-electron chi connectivity index (χ3n) is 2.96. The summed E-state index contributed by atoms with van der Waals surface area (Å²) in [6.45, 7) is 4.90. The Morgan fingerprint density at radius 2 is 2.00 bits per heavy atom. The first-order valence-corrected chi connectivity index (χ1v) is 7.55. The second-order valence-corrected chi connectivity index (χ2v) is 5.90. The topological polar surface area (TPSA) is 38.3 Å². The van der Waals surface area contributed by atoms with E-state index in [0.717, 1.165) is 10.6 Å². The van der Waals surface area contributed by atoms with E-state index < -0.39 is 0 Å². The smallest absolute Gasteiger partial charge is 0.258 e. The molecule has 0 atom stereocenters. The SMILES string of the molecule is CC(C)c1ccc(OCC(=O)NCc2cccs2)cc1. The Kier molecular flexibility index (Phi) is 5.18. The van der Waals surface area contributed by atoms with Gasteiger partial charge in [0.05, 0.1) is 6.54 Å². The van der Waals surface area contributed by atoms with Crippen LogP contribution in [0.5, 0.6) is 5.75 Å². The molecule has 1 aromatic carbocycles. The summed E-state index contributed by atoms with van der Waals surface area (Å²) in [5.74, 6) is 1.12. The van der Waals surface area contributed by atoms with E-state index in [1.54, 1.807) is 11.3 Å². The van der Waals surface area contributed by atoms with Crippen LogP contribution in [-0.2, 0) is 11.3 Å². The van der Waals surface area contributed by atoms with E-state index in [2.05, 4.69) is 19.2 Å². The van der Waals surface area contributed by atoms with Gasteiger partial charge in [0.2, 0.25) is 0 Å². The minimum absolute atomic E-state index is 0.0480. The predicted molar refractivity (Wildman–Crippen MR) is 82.2 cm³/mol. The van der Waals surface area contributed by atoms with Crippen LogP contribution in [0.25, 0.3) is 0 Å². The Hall–Kier alpha value is -1.81. The summed E-state index contributed by atoms with van der Waals surface area (Å²) in [7, 11) is 0. The van der Waals surface area contributed by atoms with Crippen molar-refractivity contribution in [3.05, 3.63) is 52.2 Å². The van der Waals surface area contributed by atoms with Gasteiger partial charge in [0.15, 0.2) is 6.61 Å². The number of thiophene rings is 1. The second kappa shape index (κ2) is 7.10. The van der Waals surface area contributed by atoms with E-state index in [-0.39, 0.29) is 12.5 Å². The van der Waals surface area contributed by atoms with E-state index in [4.69, 9.17) is 4.74 Å². The lowest BCUT2D eigenvalue weighted by Crippen LogP contribution is -2.28. The summed E-state index contributed by atoms with van der Waals surface area (Å²) in [4.78, 5) is 12.8. The Bertz CT molecular complexity index is 532. The molecule has 1 amide bonds. The van der Waals surface area contributed by atoms with Crippen molar-refractivity contribution in [1.29, 1.82) is 0 Å². The molecule has 20 heavy (non-hydrogen) atoms. The first kappa shape index (κ1) is 14.6. The number of amides is 1. The van der Waals surface area contributed by atoms with Crippen LogP contribution in [0.4, 0.5) is 0 Å². The van der Waals surface area contributed by atoms with Crippen molar-refractivity contribution in [3.63, 3.8) is 0 Å². The highest BCUT2D eigenvalue weighted by molar-refractivity contribution is 7.09. The Morgan fingerprint density at radius 1 is 1.25 bits per heavy atom. The third kappa shape index (κ3) is 4.38. The summed E-state index contributed by atoms with van der Waals surface area (Å²) in [6, 6.07) is 11.8. The van der Waals surface area contributed by atoms with Gasteiger partial charge in [-0.25, -0.2) is 0 Å². The highest BCUT2D eigenvalue weighted by atomic mass is 32.1. The lowest BCUT2D eigenvalue weighted by Gasteiger charge is -2.09. The molecule has 0 saturated carbocycles. The molecule has 0 saturated heterocycles. The van der Waals surface area contributed by atoms with Crippen molar-refractivity contribution >= 4 is 17.2 Å². The van der Waals surface area contributed by atoms with Gasteiger partial charge in [-0.1, -0.05) is 32.0 Å². The molecular weight excluding hydrogens is 270 g/mol. The summed E-state index contributed by atoms with van der Waals surface area (Å²) >= 11 is 1.63. The van der Waals surface area contributed by atoms with Crippen molar-refractivity contribution in [1.82, 2.24) is 5.32 Å². The molecule has 0 bridgehead atoms. The molecule has 1 heterocycles. The fraction of sp³-hybridized carbons (Fsp3) is 0.312. The number of ether oxygens (including phenoxy) is 1. The zero-order valence-corrected chi connectivity index (χ0v) is 12.6. The lowest BCUT2D eigenvalue weighted by molar-refractivity contribution is -0.123. The first-order valence-electron chi connectivity index (χ1n) is 6.67. The Balaban J connectivity index is 1.75. The van der Waals surface area contributed by atoms with Crippen LogP contribution < -0.4 is 10.1 Å². The maximum Gasteiger partial charge on any atom is 0.258 e. The summed E-state index contributed by atoms with van der Waals surface area (Å²) in [5, 5.41) is 4.83. The van der Waals surface area contributed by atoms with E-state index in [1.165, 1.54) is 5.56 Å². The van der Waals surface area contributed by atoms with Crippen LogP contribution in [-0.4, -0.2) is 12.5 Å². The van der Waals surface area contributed by atoms with E-state index in [9.17, 15) is 4.79 Å². The first-order chi connectivity index (χ1) is 9.65. The van der Waals surface area contributed by atoms with E-state index >= 15 is 0 Å². The van der Waals surface area contributed by atoms with Crippen LogP contribution >= 0.6 is 11.3 Å². The summed E-state index contributed by atoms with van der Waals surface area (Å²) in [6.07, 6.45) is 0. The normalized spacial score (nSPS) is 10.6. The monoisotopic (exact) mass is 289 g/mol. The Morgan fingerprint density at radius 3 is 2.60 bits per heavy atom. The summed E-state index contributed by atoms with van der Waals surface area (Å²) < 4.78 is 5.46. The maximum absolute atomic E-state index is 11.7. The van der Waals surface area contributed by atoms with Crippen molar-refractivity contribution in [2.75, 3.05) is 6.61 Å². The minimum Gasteiger partial charge on any atom is -0.484 e. The molecule has 0 radical (unpaired) electrons. The van der Waals surface area contributed by atoms with Gasteiger partial charge in [-0.05, 0) is 35.1 Å². The maximum atomic E-state index is 11.7. The molecule has 1 aromatic heterocycles. The van der Waals surface area contributed by atoms with E-state index in [0.29, 0.717) is 12.5 Å².